The number of benzene rings is 2. The number of likely N-dealkylation sites (tertiary alicyclic amines) is 1. The molecule has 3 rings (SSSR count). The first-order valence-electron chi connectivity index (χ1n) is 8.40. The van der Waals surface area contributed by atoms with E-state index in [1.54, 1.807) is 12.1 Å². The second-order valence-corrected chi connectivity index (χ2v) is 6.50. The van der Waals surface area contributed by atoms with Crippen molar-refractivity contribution >= 4 is 17.5 Å². The second-order valence-electron chi connectivity index (χ2n) is 6.50. The molecule has 2 aromatic carbocycles. The van der Waals surface area contributed by atoms with E-state index in [9.17, 15) is 14.0 Å². The fourth-order valence-electron chi connectivity index (χ4n) is 3.34. The maximum absolute atomic E-state index is 13.9. The standard InChI is InChI=1S/C20H21FN2O2/c1-13-10-14(2)12-15(11-13)22-19(24)18-8-5-9-23(18)20(25)16-6-3-4-7-17(16)21/h3-4,6-7,10-12,18H,5,8-9H2,1-2H3,(H,22,24)/t18-/m1/s1. The number of halogens is 1. The lowest BCUT2D eigenvalue weighted by Gasteiger charge is -2.24. The zero-order chi connectivity index (χ0) is 18.0. The molecule has 25 heavy (non-hydrogen) atoms. The fraction of sp³-hybridized carbons (Fsp3) is 0.300. The number of nitrogens with zero attached hydrogens (tertiary/aromatic N) is 1. The number of hydrogen-bond acceptors (Lipinski definition) is 2. The average Bonchev–Trinajstić information content (AvgIpc) is 3.03. The SMILES string of the molecule is Cc1cc(C)cc(NC(=O)[C@H]2CCCN2C(=O)c2ccccc2F)c1. The van der Waals surface area contributed by atoms with Gasteiger partial charge < -0.3 is 10.2 Å². The van der Waals surface area contributed by atoms with Crippen LogP contribution in [0.25, 0.3) is 0 Å². The van der Waals surface area contributed by atoms with Crippen LogP contribution in [0, 0.1) is 19.7 Å². The van der Waals surface area contributed by atoms with Crippen LogP contribution >= 0.6 is 0 Å². The fourth-order valence-corrected chi connectivity index (χ4v) is 3.34. The Morgan fingerprint density at radius 2 is 1.80 bits per heavy atom. The van der Waals surface area contributed by atoms with E-state index in [1.807, 2.05) is 32.0 Å². The van der Waals surface area contributed by atoms with Crippen LogP contribution in [-0.4, -0.2) is 29.3 Å². The molecule has 1 aliphatic rings. The Morgan fingerprint density at radius 1 is 1.12 bits per heavy atom. The maximum Gasteiger partial charge on any atom is 0.257 e. The van der Waals surface area contributed by atoms with E-state index in [4.69, 9.17) is 0 Å². The van der Waals surface area contributed by atoms with Crippen LogP contribution in [0.5, 0.6) is 0 Å². The molecule has 0 radical (unpaired) electrons. The highest BCUT2D eigenvalue weighted by molar-refractivity contribution is 6.01. The number of anilines is 1. The molecular formula is C20H21FN2O2. The molecular weight excluding hydrogens is 319 g/mol. The van der Waals surface area contributed by atoms with E-state index >= 15 is 0 Å². The normalized spacial score (nSPS) is 16.8. The van der Waals surface area contributed by atoms with Crippen LogP contribution in [-0.2, 0) is 4.79 Å². The van der Waals surface area contributed by atoms with Gasteiger partial charge in [-0.25, -0.2) is 4.39 Å². The molecule has 5 heteroatoms. The first-order chi connectivity index (χ1) is 12.0. The van der Waals surface area contributed by atoms with Gasteiger partial charge in [-0.3, -0.25) is 9.59 Å². The van der Waals surface area contributed by atoms with E-state index < -0.39 is 17.8 Å². The van der Waals surface area contributed by atoms with E-state index in [0.29, 0.717) is 18.7 Å². The van der Waals surface area contributed by atoms with Crippen molar-refractivity contribution in [1.29, 1.82) is 0 Å². The quantitative estimate of drug-likeness (QED) is 0.926. The first kappa shape index (κ1) is 17.1. The summed E-state index contributed by atoms with van der Waals surface area (Å²) >= 11 is 0. The minimum atomic E-state index is -0.576. The Labute approximate surface area is 146 Å². The summed E-state index contributed by atoms with van der Waals surface area (Å²) in [5, 5.41) is 2.89. The number of aryl methyl sites for hydroxylation is 2. The predicted molar refractivity (Wildman–Crippen MR) is 95.0 cm³/mol. The molecule has 0 saturated carbocycles. The van der Waals surface area contributed by atoms with Crippen molar-refractivity contribution in [1.82, 2.24) is 4.90 Å². The van der Waals surface area contributed by atoms with E-state index in [1.165, 1.54) is 17.0 Å². The molecule has 0 aromatic heterocycles. The highest BCUT2D eigenvalue weighted by atomic mass is 19.1. The minimum Gasteiger partial charge on any atom is -0.327 e. The van der Waals surface area contributed by atoms with Gasteiger partial charge in [0, 0.05) is 12.2 Å². The summed E-state index contributed by atoms with van der Waals surface area (Å²) < 4.78 is 13.9. The van der Waals surface area contributed by atoms with Crippen molar-refractivity contribution in [2.24, 2.45) is 0 Å². The zero-order valence-corrected chi connectivity index (χ0v) is 14.4. The molecule has 1 N–H and O–H groups in total. The third-order valence-electron chi connectivity index (χ3n) is 4.41. The van der Waals surface area contributed by atoms with Gasteiger partial charge in [-0.15, -0.1) is 0 Å². The lowest BCUT2D eigenvalue weighted by molar-refractivity contribution is -0.119. The van der Waals surface area contributed by atoms with Crippen molar-refractivity contribution in [2.75, 3.05) is 11.9 Å². The van der Waals surface area contributed by atoms with Gasteiger partial charge in [0.25, 0.3) is 5.91 Å². The summed E-state index contributed by atoms with van der Waals surface area (Å²) in [6, 6.07) is 11.1. The van der Waals surface area contributed by atoms with Crippen molar-refractivity contribution in [3.63, 3.8) is 0 Å². The average molecular weight is 340 g/mol. The van der Waals surface area contributed by atoms with Crippen LogP contribution in [0.4, 0.5) is 10.1 Å². The van der Waals surface area contributed by atoms with Gasteiger partial charge in [-0.1, -0.05) is 18.2 Å². The third kappa shape index (κ3) is 3.71. The van der Waals surface area contributed by atoms with Gasteiger partial charge in [0.15, 0.2) is 0 Å². The summed E-state index contributed by atoms with van der Waals surface area (Å²) in [6.07, 6.45) is 1.31. The lowest BCUT2D eigenvalue weighted by atomic mass is 10.1. The topological polar surface area (TPSA) is 49.4 Å². The van der Waals surface area contributed by atoms with Crippen LogP contribution in [0.3, 0.4) is 0 Å². The molecule has 1 heterocycles. The molecule has 1 fully saturated rings. The summed E-state index contributed by atoms with van der Waals surface area (Å²) in [5.41, 5.74) is 2.84. The summed E-state index contributed by atoms with van der Waals surface area (Å²) in [5.74, 6) is -1.23. The zero-order valence-electron chi connectivity index (χ0n) is 14.4. The molecule has 1 aliphatic heterocycles. The van der Waals surface area contributed by atoms with Gasteiger partial charge in [0.05, 0.1) is 5.56 Å². The molecule has 2 amide bonds. The Balaban J connectivity index is 1.78. The Hall–Kier alpha value is -2.69. The second kappa shape index (κ2) is 7.05. The van der Waals surface area contributed by atoms with Crippen LogP contribution in [0.2, 0.25) is 0 Å². The largest absolute Gasteiger partial charge is 0.327 e. The molecule has 0 bridgehead atoms. The van der Waals surface area contributed by atoms with Crippen molar-refractivity contribution < 1.29 is 14.0 Å². The molecule has 2 aromatic rings. The smallest absolute Gasteiger partial charge is 0.257 e. The molecule has 0 aliphatic carbocycles. The number of nitrogens with one attached hydrogen (secondary N) is 1. The Bertz CT molecular complexity index is 799. The maximum atomic E-state index is 13.9. The third-order valence-corrected chi connectivity index (χ3v) is 4.41. The highest BCUT2D eigenvalue weighted by Crippen LogP contribution is 2.23. The Morgan fingerprint density at radius 3 is 2.48 bits per heavy atom. The monoisotopic (exact) mass is 340 g/mol. The van der Waals surface area contributed by atoms with E-state index in [0.717, 1.165) is 17.5 Å². The van der Waals surface area contributed by atoms with Gasteiger partial charge in [-0.05, 0) is 62.1 Å². The summed E-state index contributed by atoms with van der Waals surface area (Å²) in [7, 11) is 0. The molecule has 4 nitrogen and oxygen atoms in total. The first-order valence-corrected chi connectivity index (χ1v) is 8.40. The van der Waals surface area contributed by atoms with E-state index in [-0.39, 0.29) is 11.5 Å². The van der Waals surface area contributed by atoms with Crippen molar-refractivity contribution in [3.8, 4) is 0 Å². The minimum absolute atomic E-state index is 0.00796. The van der Waals surface area contributed by atoms with Crippen LogP contribution < -0.4 is 5.32 Å². The van der Waals surface area contributed by atoms with Crippen LogP contribution in [0.15, 0.2) is 42.5 Å². The lowest BCUT2D eigenvalue weighted by Crippen LogP contribution is -2.43. The number of rotatable bonds is 3. The highest BCUT2D eigenvalue weighted by Gasteiger charge is 2.35. The number of carbonyl (C=O) groups excluding carboxylic acids is 2. The van der Waals surface area contributed by atoms with Crippen LogP contribution in [0.1, 0.15) is 34.3 Å². The van der Waals surface area contributed by atoms with E-state index in [2.05, 4.69) is 5.32 Å². The molecule has 1 atom stereocenters. The molecule has 0 spiro atoms. The number of amides is 2. The van der Waals surface area contributed by atoms with Gasteiger partial charge in [-0.2, -0.15) is 0 Å². The molecule has 1 saturated heterocycles. The summed E-state index contributed by atoms with van der Waals surface area (Å²) in [6.45, 7) is 4.39. The number of carbonyl (C=O) groups is 2. The van der Waals surface area contributed by atoms with Gasteiger partial charge in [0.1, 0.15) is 11.9 Å². The van der Waals surface area contributed by atoms with Crippen molar-refractivity contribution in [2.45, 2.75) is 32.7 Å². The van der Waals surface area contributed by atoms with Gasteiger partial charge >= 0.3 is 0 Å². The molecule has 130 valence electrons. The summed E-state index contributed by atoms with van der Waals surface area (Å²) in [4.78, 5) is 26.8. The van der Waals surface area contributed by atoms with Crippen molar-refractivity contribution in [3.05, 3.63) is 65.0 Å². The number of hydrogen-bond donors (Lipinski definition) is 1. The Kier molecular flexibility index (Phi) is 4.83. The molecule has 0 unspecified atom stereocenters. The van der Waals surface area contributed by atoms with Gasteiger partial charge in [0.2, 0.25) is 5.91 Å². The predicted octanol–water partition coefficient (Wildman–Crippen LogP) is 3.69.